The second-order valence-electron chi connectivity index (χ2n) is 8.14. The molecule has 0 unspecified atom stereocenters. The van der Waals surface area contributed by atoms with Gasteiger partial charge in [0.2, 0.25) is 12.4 Å². The second-order valence-corrected chi connectivity index (χ2v) is 10.1. The first-order chi connectivity index (χ1) is 18.2. The molecule has 2 amide bonds. The van der Waals surface area contributed by atoms with Crippen molar-refractivity contribution in [1.29, 1.82) is 0 Å². The van der Waals surface area contributed by atoms with E-state index in [1.54, 1.807) is 23.0 Å². The molecule has 0 bridgehead atoms. The van der Waals surface area contributed by atoms with E-state index in [9.17, 15) is 29.6 Å². The fourth-order valence-corrected chi connectivity index (χ4v) is 6.13. The molecule has 0 spiro atoms. The molecular weight excluding hydrogens is 540 g/mol. The highest BCUT2D eigenvalue weighted by Crippen LogP contribution is 2.40. The number of thioether (sulfide) groups is 1. The Morgan fingerprint density at radius 2 is 2.21 bits per heavy atom. The van der Waals surface area contributed by atoms with Crippen LogP contribution < -0.4 is 20.7 Å². The lowest BCUT2D eigenvalue weighted by molar-refractivity contribution is -0.688. The molecule has 1 saturated heterocycles. The molecule has 3 aromatic rings. The first-order valence-electron chi connectivity index (χ1n) is 10.9. The summed E-state index contributed by atoms with van der Waals surface area (Å²) in [7, 11) is 1.25. The molecule has 2 aliphatic rings. The summed E-state index contributed by atoms with van der Waals surface area (Å²) in [6.45, 7) is 0.106. The van der Waals surface area contributed by atoms with Crippen molar-refractivity contribution in [3.63, 3.8) is 0 Å². The number of carbonyl (C=O) groups excluding carboxylic acids is 3. The SMILES string of the molecule is CO/N=C(\C(=O)N[C@@H]1C(=O)N2C(C(=O)[O-])=C(C[n+]3ccn4c([N+](=O)[O-])ccc4c3)CS[C@H]12)c1csc(N)n1. The summed E-state index contributed by atoms with van der Waals surface area (Å²) in [4.78, 5) is 58.4. The summed E-state index contributed by atoms with van der Waals surface area (Å²) in [5.41, 5.74) is 6.31. The molecular formula is C21H18N8O7S2. The van der Waals surface area contributed by atoms with Crippen LogP contribution in [0, 0.1) is 10.1 Å². The summed E-state index contributed by atoms with van der Waals surface area (Å²) < 4.78 is 3.05. The van der Waals surface area contributed by atoms with Gasteiger partial charge in [0.25, 0.3) is 11.8 Å². The van der Waals surface area contributed by atoms with E-state index in [0.717, 1.165) is 16.2 Å². The van der Waals surface area contributed by atoms with Gasteiger partial charge >= 0.3 is 5.82 Å². The van der Waals surface area contributed by atoms with Crippen molar-refractivity contribution in [3.05, 3.63) is 63.2 Å². The van der Waals surface area contributed by atoms with Gasteiger partial charge in [-0.2, -0.15) is 8.97 Å². The molecule has 0 saturated carbocycles. The number of hydrogen-bond donors (Lipinski definition) is 2. The van der Waals surface area contributed by atoms with Crippen molar-refractivity contribution >= 4 is 63.1 Å². The Kier molecular flexibility index (Phi) is 6.45. The van der Waals surface area contributed by atoms with Gasteiger partial charge in [-0.15, -0.1) is 23.1 Å². The summed E-state index contributed by atoms with van der Waals surface area (Å²) in [5, 5.41) is 30.6. The molecule has 2 aliphatic heterocycles. The van der Waals surface area contributed by atoms with Gasteiger partial charge in [0.05, 0.1) is 11.7 Å². The van der Waals surface area contributed by atoms with Gasteiger partial charge in [-0.05, 0) is 11.0 Å². The highest BCUT2D eigenvalue weighted by atomic mass is 32.2. The number of thiazole rings is 1. The number of nitrogens with two attached hydrogens (primary N) is 1. The molecule has 3 aromatic heterocycles. The second kappa shape index (κ2) is 9.75. The van der Waals surface area contributed by atoms with E-state index in [0.29, 0.717) is 11.1 Å². The number of oxime groups is 1. The molecule has 5 heterocycles. The summed E-state index contributed by atoms with van der Waals surface area (Å²) in [6, 6.07) is 1.93. The third-order valence-electron chi connectivity index (χ3n) is 5.88. The lowest BCUT2D eigenvalue weighted by Gasteiger charge is -2.50. The highest BCUT2D eigenvalue weighted by Gasteiger charge is 2.53. The van der Waals surface area contributed by atoms with Gasteiger partial charge in [-0.3, -0.25) is 14.5 Å². The summed E-state index contributed by atoms with van der Waals surface area (Å²) >= 11 is 2.38. The van der Waals surface area contributed by atoms with Gasteiger partial charge in [0.1, 0.15) is 24.2 Å². The number of β-lactam (4-membered cyclic amide) rings is 1. The Labute approximate surface area is 221 Å². The zero-order chi connectivity index (χ0) is 27.1. The number of fused-ring (bicyclic) bond motifs is 2. The van der Waals surface area contributed by atoms with Gasteiger partial charge in [0, 0.05) is 22.8 Å². The normalized spacial score (nSPS) is 19.2. The number of nitrogen functional groups attached to an aromatic ring is 1. The number of nitro groups is 1. The van der Waals surface area contributed by atoms with Crippen molar-refractivity contribution in [3.8, 4) is 0 Å². The molecule has 15 nitrogen and oxygen atoms in total. The number of amides is 2. The van der Waals surface area contributed by atoms with Crippen LogP contribution in [-0.2, 0) is 25.8 Å². The zero-order valence-corrected chi connectivity index (χ0v) is 21.1. The molecule has 17 heteroatoms. The predicted octanol–water partition coefficient (Wildman–Crippen LogP) is -1.37. The third kappa shape index (κ3) is 4.30. The van der Waals surface area contributed by atoms with Crippen molar-refractivity contribution in [2.45, 2.75) is 18.0 Å². The van der Waals surface area contributed by atoms with Gasteiger partial charge in [-0.25, -0.2) is 4.98 Å². The number of nitrogens with one attached hydrogen (secondary N) is 1. The minimum atomic E-state index is -1.52. The molecule has 1 fully saturated rings. The average molecular weight is 559 g/mol. The minimum Gasteiger partial charge on any atom is -0.543 e. The molecule has 5 rings (SSSR count). The number of aliphatic carboxylic acids is 1. The van der Waals surface area contributed by atoms with Crippen LogP contribution in [0.3, 0.4) is 0 Å². The van der Waals surface area contributed by atoms with Crippen LogP contribution in [0.25, 0.3) is 5.52 Å². The number of anilines is 1. The first kappa shape index (κ1) is 25.2. The number of rotatable bonds is 8. The number of carboxylic acids is 1. The fourth-order valence-electron chi connectivity index (χ4n) is 4.25. The van der Waals surface area contributed by atoms with Crippen LogP contribution in [0.4, 0.5) is 10.9 Å². The molecule has 3 N–H and O–H groups in total. The first-order valence-corrected chi connectivity index (χ1v) is 12.8. The van der Waals surface area contributed by atoms with E-state index in [1.807, 2.05) is 0 Å². The van der Waals surface area contributed by atoms with E-state index in [4.69, 9.17) is 10.6 Å². The van der Waals surface area contributed by atoms with Crippen molar-refractivity contribution in [2.24, 2.45) is 5.16 Å². The minimum absolute atomic E-state index is 0.103. The van der Waals surface area contributed by atoms with Gasteiger partial charge in [0.15, 0.2) is 29.1 Å². The van der Waals surface area contributed by atoms with E-state index in [1.165, 1.54) is 40.9 Å². The molecule has 0 aromatic carbocycles. The fraction of sp³-hybridized carbons (Fsp3) is 0.238. The van der Waals surface area contributed by atoms with Crippen LogP contribution in [0.1, 0.15) is 5.69 Å². The summed E-state index contributed by atoms with van der Waals surface area (Å²) in [6.07, 6.45) is 4.70. The topological polar surface area (TPSA) is 201 Å². The van der Waals surface area contributed by atoms with Crippen LogP contribution in [0.2, 0.25) is 0 Å². The number of aromatic nitrogens is 3. The average Bonchev–Trinajstić information content (AvgIpc) is 3.51. The van der Waals surface area contributed by atoms with Crippen molar-refractivity contribution < 1.29 is 33.8 Å². The molecule has 2 atom stereocenters. The van der Waals surface area contributed by atoms with E-state index >= 15 is 0 Å². The molecule has 38 heavy (non-hydrogen) atoms. The van der Waals surface area contributed by atoms with Crippen LogP contribution in [0.5, 0.6) is 0 Å². The molecule has 0 radical (unpaired) electrons. The third-order valence-corrected chi connectivity index (χ3v) is 7.90. The van der Waals surface area contributed by atoms with Crippen molar-refractivity contribution in [2.75, 3.05) is 18.6 Å². The van der Waals surface area contributed by atoms with Gasteiger partial charge < -0.3 is 35.9 Å². The van der Waals surface area contributed by atoms with E-state index in [-0.39, 0.29) is 40.3 Å². The number of carbonyl (C=O) groups is 3. The van der Waals surface area contributed by atoms with Crippen LogP contribution in [-0.4, -0.2) is 67.0 Å². The number of hydrogen-bond acceptors (Lipinski definition) is 12. The lowest BCUT2D eigenvalue weighted by atomic mass is 10.0. The van der Waals surface area contributed by atoms with Crippen LogP contribution in [0.15, 0.2) is 52.5 Å². The predicted molar refractivity (Wildman–Crippen MR) is 131 cm³/mol. The molecule has 196 valence electrons. The van der Waals surface area contributed by atoms with Crippen LogP contribution >= 0.6 is 23.1 Å². The number of carboxylic acid groups (broad SMARTS) is 1. The van der Waals surface area contributed by atoms with Crippen molar-refractivity contribution in [1.82, 2.24) is 19.6 Å². The van der Waals surface area contributed by atoms with E-state index < -0.39 is 34.1 Å². The standard InChI is InChI=1S/C21H18N8O7S2/c1-36-25-14(12-9-38-21(22)23-12)17(30)24-15-18(31)28-16(20(32)33)10(8-37-19(15)28)6-26-4-5-27-11(7-26)2-3-13(27)29(34)35/h2-5,7,9,15,19H,6,8H2,1H3,(H3-,22,23,24,30,32,33)/b25-14-/t15-,19-/m1/s1. The lowest BCUT2D eigenvalue weighted by Crippen LogP contribution is -2.71. The molecule has 0 aliphatic carbocycles. The Bertz CT molecular complexity index is 1560. The summed E-state index contributed by atoms with van der Waals surface area (Å²) in [5.74, 6) is -2.74. The quantitative estimate of drug-likeness (QED) is 0.109. The Balaban J connectivity index is 1.36. The maximum Gasteiger partial charge on any atom is 0.328 e. The zero-order valence-electron chi connectivity index (χ0n) is 19.5. The van der Waals surface area contributed by atoms with E-state index in [2.05, 4.69) is 15.5 Å². The maximum absolute atomic E-state index is 13.0. The monoisotopic (exact) mass is 558 g/mol. The Morgan fingerprint density at radius 1 is 1.42 bits per heavy atom. The van der Waals surface area contributed by atoms with Gasteiger partial charge in [-0.1, -0.05) is 5.16 Å². The smallest absolute Gasteiger partial charge is 0.328 e. The number of nitrogens with zero attached hydrogens (tertiary/aromatic N) is 6. The largest absolute Gasteiger partial charge is 0.543 e. The Morgan fingerprint density at radius 3 is 2.87 bits per heavy atom. The Hall–Kier alpha value is -4.51. The highest BCUT2D eigenvalue weighted by molar-refractivity contribution is 8.00. The maximum atomic E-state index is 13.0.